The highest BCUT2D eigenvalue weighted by molar-refractivity contribution is 7.18. The highest BCUT2D eigenvalue weighted by atomic mass is 32.1. The topological polar surface area (TPSA) is 79.4 Å². The largest absolute Gasteiger partial charge is 0.377 e. The van der Waals surface area contributed by atoms with Crippen molar-refractivity contribution in [1.29, 1.82) is 0 Å². The molecule has 2 unspecified atom stereocenters. The van der Waals surface area contributed by atoms with E-state index in [1.807, 2.05) is 13.8 Å². The Hall–Kier alpha value is -2.69. The van der Waals surface area contributed by atoms with Crippen molar-refractivity contribution in [2.24, 2.45) is 5.92 Å². The molecule has 0 radical (unpaired) electrons. The number of thiazole rings is 1. The SMILES string of the molecule is COC(C)c1c(Nc2ccc(C(C(F)F)N(C)C(=O)C3CCNCC3)cc2)cnc2sc(C)nc12. The average molecular weight is 504 g/mol. The van der Waals surface area contributed by atoms with Gasteiger partial charge in [0.25, 0.3) is 6.43 Å². The molecule has 7 nitrogen and oxygen atoms in total. The number of nitrogens with zero attached hydrogens (tertiary/aromatic N) is 3. The van der Waals surface area contributed by atoms with Crippen molar-refractivity contribution in [3.63, 3.8) is 0 Å². The van der Waals surface area contributed by atoms with Crippen LogP contribution < -0.4 is 10.6 Å². The molecule has 1 aliphatic heterocycles. The molecule has 1 amide bonds. The van der Waals surface area contributed by atoms with Gasteiger partial charge in [-0.1, -0.05) is 23.5 Å². The van der Waals surface area contributed by atoms with Crippen LogP contribution in [0.25, 0.3) is 10.3 Å². The second-order valence-electron chi connectivity index (χ2n) is 8.85. The maximum Gasteiger partial charge on any atom is 0.262 e. The van der Waals surface area contributed by atoms with E-state index in [4.69, 9.17) is 4.74 Å². The molecule has 1 aromatic carbocycles. The molecule has 4 rings (SSSR count). The number of carbonyl (C=O) groups excluding carboxylic acids is 1. The molecule has 3 aromatic rings. The number of rotatable bonds is 8. The van der Waals surface area contributed by atoms with Crippen molar-refractivity contribution in [3.05, 3.63) is 46.6 Å². The molecular weight excluding hydrogens is 472 g/mol. The Morgan fingerprint density at radius 1 is 1.26 bits per heavy atom. The van der Waals surface area contributed by atoms with Gasteiger partial charge in [-0.15, -0.1) is 0 Å². The van der Waals surface area contributed by atoms with Gasteiger partial charge >= 0.3 is 0 Å². The molecule has 3 heterocycles. The lowest BCUT2D eigenvalue weighted by Crippen LogP contribution is -2.42. The standard InChI is InChI=1S/C25H31F2N5O2S/c1-14(34-4)20-19(13-29-24-21(20)30-15(2)35-24)31-18-7-5-16(6-8-18)22(23(26)27)32(3)25(33)17-9-11-28-12-10-17/h5-8,13-14,17,22-23,28,31H,9-12H2,1-4H3. The van der Waals surface area contributed by atoms with Gasteiger partial charge in [0, 0.05) is 31.3 Å². The van der Waals surface area contributed by atoms with Crippen LogP contribution in [0.2, 0.25) is 0 Å². The second kappa shape index (κ2) is 10.9. The van der Waals surface area contributed by atoms with E-state index < -0.39 is 12.5 Å². The number of nitrogens with one attached hydrogen (secondary N) is 2. The summed E-state index contributed by atoms with van der Waals surface area (Å²) >= 11 is 1.52. The Balaban J connectivity index is 1.57. The second-order valence-corrected chi connectivity index (χ2v) is 10.0. The number of aromatic nitrogens is 2. The van der Waals surface area contributed by atoms with Crippen molar-refractivity contribution in [2.45, 2.75) is 45.3 Å². The molecule has 1 saturated heterocycles. The molecule has 1 fully saturated rings. The van der Waals surface area contributed by atoms with Crippen LogP contribution in [-0.2, 0) is 9.53 Å². The first-order valence-corrected chi connectivity index (χ1v) is 12.5. The molecule has 2 atom stereocenters. The molecule has 0 bridgehead atoms. The van der Waals surface area contributed by atoms with E-state index in [1.54, 1.807) is 37.6 Å². The summed E-state index contributed by atoms with van der Waals surface area (Å²) in [6, 6.07) is 5.47. The van der Waals surface area contributed by atoms with E-state index in [0.29, 0.717) is 24.1 Å². The number of pyridine rings is 1. The summed E-state index contributed by atoms with van der Waals surface area (Å²) in [7, 11) is 3.11. The van der Waals surface area contributed by atoms with Crippen molar-refractivity contribution in [2.75, 3.05) is 32.6 Å². The van der Waals surface area contributed by atoms with E-state index in [0.717, 1.165) is 39.7 Å². The third-order valence-electron chi connectivity index (χ3n) is 6.56. The lowest BCUT2D eigenvalue weighted by atomic mass is 9.95. The maximum absolute atomic E-state index is 14.1. The molecule has 188 valence electrons. The van der Waals surface area contributed by atoms with Gasteiger partial charge < -0.3 is 20.3 Å². The summed E-state index contributed by atoms with van der Waals surface area (Å²) in [5.41, 5.74) is 3.53. The Labute approximate surface area is 207 Å². The van der Waals surface area contributed by atoms with Crippen LogP contribution in [0.1, 0.15) is 48.0 Å². The van der Waals surface area contributed by atoms with Crippen molar-refractivity contribution in [1.82, 2.24) is 20.2 Å². The fourth-order valence-corrected chi connectivity index (χ4v) is 5.35. The smallest absolute Gasteiger partial charge is 0.262 e. The first-order chi connectivity index (χ1) is 16.8. The number of piperidine rings is 1. The molecule has 0 aliphatic carbocycles. The zero-order valence-corrected chi connectivity index (χ0v) is 21.2. The van der Waals surface area contributed by atoms with Crippen molar-refractivity contribution >= 4 is 39.0 Å². The average Bonchev–Trinajstić information content (AvgIpc) is 3.24. The van der Waals surface area contributed by atoms with Gasteiger partial charge in [0.15, 0.2) is 0 Å². The number of benzene rings is 1. The molecular formula is C25H31F2N5O2S. The minimum absolute atomic E-state index is 0.221. The number of fused-ring (bicyclic) bond motifs is 1. The highest BCUT2D eigenvalue weighted by Crippen LogP contribution is 2.36. The molecule has 35 heavy (non-hydrogen) atoms. The lowest BCUT2D eigenvalue weighted by molar-refractivity contribution is -0.140. The monoisotopic (exact) mass is 503 g/mol. The Morgan fingerprint density at radius 2 is 1.94 bits per heavy atom. The van der Waals surface area contributed by atoms with Gasteiger partial charge in [-0.2, -0.15) is 0 Å². The maximum atomic E-state index is 14.1. The van der Waals surface area contributed by atoms with E-state index in [1.165, 1.54) is 23.3 Å². The summed E-state index contributed by atoms with van der Waals surface area (Å²) in [6.07, 6.45) is 0.161. The molecule has 10 heteroatoms. The number of hydrogen-bond acceptors (Lipinski definition) is 7. The van der Waals surface area contributed by atoms with Gasteiger partial charge in [-0.25, -0.2) is 18.7 Å². The number of ether oxygens (including phenoxy) is 1. The van der Waals surface area contributed by atoms with Gasteiger partial charge in [-0.05, 0) is 57.5 Å². The van der Waals surface area contributed by atoms with E-state index in [2.05, 4.69) is 20.6 Å². The third kappa shape index (κ3) is 5.44. The summed E-state index contributed by atoms with van der Waals surface area (Å²) in [5.74, 6) is -0.448. The Bertz CT molecular complexity index is 1160. The van der Waals surface area contributed by atoms with Crippen LogP contribution in [0.3, 0.4) is 0 Å². The van der Waals surface area contributed by atoms with Crippen molar-refractivity contribution in [3.8, 4) is 0 Å². The molecule has 2 aromatic heterocycles. The minimum Gasteiger partial charge on any atom is -0.377 e. The number of aryl methyl sites for hydroxylation is 1. The third-order valence-corrected chi connectivity index (χ3v) is 7.43. The normalized spacial score (nSPS) is 16.4. The van der Waals surface area contributed by atoms with Crippen LogP contribution in [0.4, 0.5) is 20.2 Å². The molecule has 1 aliphatic rings. The van der Waals surface area contributed by atoms with Gasteiger partial charge in [-0.3, -0.25) is 4.79 Å². The number of carbonyl (C=O) groups is 1. The lowest BCUT2D eigenvalue weighted by Gasteiger charge is -2.32. The van der Waals surface area contributed by atoms with Crippen LogP contribution >= 0.6 is 11.3 Å². The number of amides is 1. The first kappa shape index (κ1) is 25.4. The van der Waals surface area contributed by atoms with Gasteiger partial charge in [0.2, 0.25) is 5.91 Å². The number of halogens is 2. The van der Waals surface area contributed by atoms with E-state index in [-0.39, 0.29) is 17.9 Å². The summed E-state index contributed by atoms with van der Waals surface area (Å²) < 4.78 is 33.8. The number of alkyl halides is 2. The number of methoxy groups -OCH3 is 1. The summed E-state index contributed by atoms with van der Waals surface area (Å²) in [6.45, 7) is 5.34. The number of anilines is 2. The van der Waals surface area contributed by atoms with Crippen molar-refractivity contribution < 1.29 is 18.3 Å². The Morgan fingerprint density at radius 3 is 2.57 bits per heavy atom. The van der Waals surface area contributed by atoms with Crippen LogP contribution in [0.15, 0.2) is 30.5 Å². The van der Waals surface area contributed by atoms with Crippen LogP contribution in [0, 0.1) is 12.8 Å². The quantitative estimate of drug-likeness (QED) is 0.439. The molecule has 0 saturated carbocycles. The van der Waals surface area contributed by atoms with Crippen LogP contribution in [0.5, 0.6) is 0 Å². The summed E-state index contributed by atoms with van der Waals surface area (Å²) in [5, 5.41) is 7.45. The van der Waals surface area contributed by atoms with E-state index >= 15 is 0 Å². The molecule has 0 spiro atoms. The Kier molecular flexibility index (Phi) is 7.93. The fraction of sp³-hybridized carbons (Fsp3) is 0.480. The van der Waals surface area contributed by atoms with E-state index in [9.17, 15) is 13.6 Å². The van der Waals surface area contributed by atoms with Gasteiger partial charge in [0.05, 0.1) is 23.0 Å². The van der Waals surface area contributed by atoms with Gasteiger partial charge in [0.1, 0.15) is 16.4 Å². The predicted molar refractivity (Wildman–Crippen MR) is 134 cm³/mol. The number of hydrogen-bond donors (Lipinski definition) is 2. The first-order valence-electron chi connectivity index (χ1n) is 11.7. The minimum atomic E-state index is -2.70. The molecule has 2 N–H and O–H groups in total. The predicted octanol–water partition coefficient (Wildman–Crippen LogP) is 5.21. The highest BCUT2D eigenvalue weighted by Gasteiger charge is 2.34. The van der Waals surface area contributed by atoms with Crippen LogP contribution in [-0.4, -0.2) is 54.4 Å². The fourth-order valence-electron chi connectivity index (χ4n) is 4.58. The zero-order chi connectivity index (χ0) is 25.1. The zero-order valence-electron chi connectivity index (χ0n) is 20.3. The summed E-state index contributed by atoms with van der Waals surface area (Å²) in [4.78, 5) is 24.1.